The first-order valence-electron chi connectivity index (χ1n) is 3.99. The molecular formula is C9H7ClF3NO. The molecule has 0 saturated heterocycles. The number of para-hydroxylation sites is 1. The number of hydrogen-bond donors (Lipinski definition) is 1. The van der Waals surface area contributed by atoms with Crippen molar-refractivity contribution in [3.63, 3.8) is 0 Å². The smallest absolute Gasteiger partial charge is 0.324 e. The largest absolute Gasteiger partial charge is 0.397 e. The van der Waals surface area contributed by atoms with Crippen molar-refractivity contribution in [3.8, 4) is 0 Å². The van der Waals surface area contributed by atoms with E-state index in [1.54, 1.807) is 12.1 Å². The summed E-state index contributed by atoms with van der Waals surface area (Å²) in [6.45, 7) is 0. The van der Waals surface area contributed by atoms with Crippen LogP contribution in [0.3, 0.4) is 0 Å². The third-order valence-corrected chi connectivity index (χ3v) is 1.84. The van der Waals surface area contributed by atoms with Crippen molar-refractivity contribution < 1.29 is 18.0 Å². The van der Waals surface area contributed by atoms with Gasteiger partial charge in [0.05, 0.1) is 10.7 Å². The lowest BCUT2D eigenvalue weighted by Gasteiger charge is -2.08. The van der Waals surface area contributed by atoms with Gasteiger partial charge in [0.2, 0.25) is 5.91 Å². The van der Waals surface area contributed by atoms with Gasteiger partial charge in [0.15, 0.2) is 0 Å². The zero-order valence-corrected chi connectivity index (χ0v) is 8.19. The van der Waals surface area contributed by atoms with Gasteiger partial charge in [-0.2, -0.15) is 13.2 Å². The molecule has 0 unspecified atom stereocenters. The van der Waals surface area contributed by atoms with Crippen LogP contribution < -0.4 is 5.32 Å². The lowest BCUT2D eigenvalue weighted by molar-refractivity contribution is -0.150. The van der Waals surface area contributed by atoms with Gasteiger partial charge in [-0.3, -0.25) is 4.79 Å². The fourth-order valence-electron chi connectivity index (χ4n) is 0.939. The molecular weight excluding hydrogens is 231 g/mol. The summed E-state index contributed by atoms with van der Waals surface area (Å²) in [5.74, 6) is -1.13. The van der Waals surface area contributed by atoms with Crippen LogP contribution in [0, 0.1) is 0 Å². The quantitative estimate of drug-likeness (QED) is 0.841. The van der Waals surface area contributed by atoms with Crippen molar-refractivity contribution in [2.75, 3.05) is 5.32 Å². The third-order valence-electron chi connectivity index (χ3n) is 1.51. The summed E-state index contributed by atoms with van der Waals surface area (Å²) in [4.78, 5) is 10.9. The van der Waals surface area contributed by atoms with Gasteiger partial charge in [0.25, 0.3) is 0 Å². The van der Waals surface area contributed by atoms with E-state index in [1.165, 1.54) is 12.1 Å². The van der Waals surface area contributed by atoms with Crippen LogP contribution in [0.4, 0.5) is 18.9 Å². The number of amides is 1. The normalized spacial score (nSPS) is 11.2. The molecule has 0 fully saturated rings. The molecule has 0 aliphatic rings. The van der Waals surface area contributed by atoms with E-state index in [9.17, 15) is 18.0 Å². The second-order valence-electron chi connectivity index (χ2n) is 2.82. The number of anilines is 1. The molecule has 6 heteroatoms. The Kier molecular flexibility index (Phi) is 3.57. The average Bonchev–Trinajstić information content (AvgIpc) is 2.05. The van der Waals surface area contributed by atoms with Crippen LogP contribution in [-0.4, -0.2) is 12.1 Å². The molecule has 1 N–H and O–H groups in total. The molecule has 0 aliphatic carbocycles. The molecule has 0 spiro atoms. The number of hydrogen-bond acceptors (Lipinski definition) is 1. The minimum Gasteiger partial charge on any atom is -0.324 e. The van der Waals surface area contributed by atoms with Crippen molar-refractivity contribution in [2.45, 2.75) is 12.6 Å². The molecule has 2 nitrogen and oxygen atoms in total. The maximum absolute atomic E-state index is 11.8. The Morgan fingerprint density at radius 1 is 1.33 bits per heavy atom. The van der Waals surface area contributed by atoms with E-state index in [1.807, 2.05) is 0 Å². The highest BCUT2D eigenvalue weighted by molar-refractivity contribution is 6.33. The van der Waals surface area contributed by atoms with E-state index in [-0.39, 0.29) is 10.7 Å². The van der Waals surface area contributed by atoms with Crippen molar-refractivity contribution >= 4 is 23.2 Å². The maximum atomic E-state index is 11.8. The molecule has 0 heterocycles. The number of halogens is 4. The van der Waals surface area contributed by atoms with E-state index < -0.39 is 18.5 Å². The molecule has 1 rings (SSSR count). The highest BCUT2D eigenvalue weighted by atomic mass is 35.5. The first-order chi connectivity index (χ1) is 6.88. The van der Waals surface area contributed by atoms with Gasteiger partial charge in [0, 0.05) is 0 Å². The van der Waals surface area contributed by atoms with E-state index in [0.717, 1.165) is 0 Å². The van der Waals surface area contributed by atoms with Crippen molar-refractivity contribution in [1.82, 2.24) is 0 Å². The van der Waals surface area contributed by atoms with E-state index >= 15 is 0 Å². The summed E-state index contributed by atoms with van der Waals surface area (Å²) in [6, 6.07) is 6.08. The number of rotatable bonds is 2. The molecule has 0 atom stereocenters. The Balaban J connectivity index is 2.64. The van der Waals surface area contributed by atoms with Gasteiger partial charge in [-0.1, -0.05) is 23.7 Å². The highest BCUT2D eigenvalue weighted by Crippen LogP contribution is 2.23. The van der Waals surface area contributed by atoms with Crippen LogP contribution in [-0.2, 0) is 4.79 Å². The van der Waals surface area contributed by atoms with Gasteiger partial charge in [-0.05, 0) is 12.1 Å². The second kappa shape index (κ2) is 4.53. The molecule has 0 saturated carbocycles. The zero-order chi connectivity index (χ0) is 11.5. The summed E-state index contributed by atoms with van der Waals surface area (Å²) in [6.07, 6.45) is -6.02. The van der Waals surface area contributed by atoms with Crippen molar-refractivity contribution in [2.24, 2.45) is 0 Å². The van der Waals surface area contributed by atoms with Crippen LogP contribution in [0.15, 0.2) is 24.3 Å². The molecule has 0 aromatic heterocycles. The van der Waals surface area contributed by atoms with E-state index in [4.69, 9.17) is 11.6 Å². The Hall–Kier alpha value is -1.23. The number of carbonyl (C=O) groups excluding carboxylic acids is 1. The predicted molar refractivity (Wildman–Crippen MR) is 50.8 cm³/mol. The van der Waals surface area contributed by atoms with Crippen molar-refractivity contribution in [3.05, 3.63) is 29.3 Å². The van der Waals surface area contributed by atoms with Gasteiger partial charge in [0.1, 0.15) is 6.42 Å². The van der Waals surface area contributed by atoms with Gasteiger partial charge >= 0.3 is 6.18 Å². The SMILES string of the molecule is O=C(CC(F)(F)F)Nc1ccccc1Cl. The Morgan fingerprint density at radius 2 is 1.93 bits per heavy atom. The minimum atomic E-state index is -4.51. The molecule has 1 amide bonds. The Bertz CT molecular complexity index is 365. The fraction of sp³-hybridized carbons (Fsp3) is 0.222. The lowest BCUT2D eigenvalue weighted by atomic mass is 10.3. The third kappa shape index (κ3) is 4.20. The van der Waals surface area contributed by atoms with E-state index in [2.05, 4.69) is 5.32 Å². The Labute approximate surface area is 89.0 Å². The van der Waals surface area contributed by atoms with Crippen LogP contribution in [0.1, 0.15) is 6.42 Å². The first-order valence-corrected chi connectivity index (χ1v) is 4.37. The molecule has 1 aromatic rings. The number of carbonyl (C=O) groups is 1. The summed E-state index contributed by atoms with van der Waals surface area (Å²) in [5, 5.41) is 2.28. The van der Waals surface area contributed by atoms with Crippen LogP contribution in [0.5, 0.6) is 0 Å². The maximum Gasteiger partial charge on any atom is 0.397 e. The molecule has 0 aliphatic heterocycles. The number of nitrogens with one attached hydrogen (secondary N) is 1. The van der Waals surface area contributed by atoms with Gasteiger partial charge < -0.3 is 5.32 Å². The molecule has 82 valence electrons. The monoisotopic (exact) mass is 237 g/mol. The van der Waals surface area contributed by atoms with Crippen LogP contribution in [0.2, 0.25) is 5.02 Å². The van der Waals surface area contributed by atoms with Gasteiger partial charge in [-0.25, -0.2) is 0 Å². The summed E-state index contributed by atoms with van der Waals surface area (Å²) in [5.41, 5.74) is 0.174. The fourth-order valence-corrected chi connectivity index (χ4v) is 1.12. The zero-order valence-electron chi connectivity index (χ0n) is 7.44. The standard InChI is InChI=1S/C9H7ClF3NO/c10-6-3-1-2-4-7(6)14-8(15)5-9(11,12)13/h1-4H,5H2,(H,14,15). The second-order valence-corrected chi connectivity index (χ2v) is 3.23. The predicted octanol–water partition coefficient (Wildman–Crippen LogP) is 3.23. The topological polar surface area (TPSA) is 29.1 Å². The average molecular weight is 238 g/mol. The molecule has 1 aromatic carbocycles. The minimum absolute atomic E-state index is 0.174. The van der Waals surface area contributed by atoms with Crippen LogP contribution >= 0.6 is 11.6 Å². The number of benzene rings is 1. The summed E-state index contributed by atoms with van der Waals surface area (Å²) in [7, 11) is 0. The highest BCUT2D eigenvalue weighted by Gasteiger charge is 2.31. The van der Waals surface area contributed by atoms with Gasteiger partial charge in [-0.15, -0.1) is 0 Å². The molecule has 15 heavy (non-hydrogen) atoms. The van der Waals surface area contributed by atoms with Crippen LogP contribution in [0.25, 0.3) is 0 Å². The summed E-state index contributed by atoms with van der Waals surface area (Å²) >= 11 is 5.64. The first kappa shape index (κ1) is 11.8. The molecule has 0 radical (unpaired) electrons. The number of alkyl halides is 3. The Morgan fingerprint density at radius 3 is 2.47 bits per heavy atom. The molecule has 0 bridgehead atoms. The summed E-state index contributed by atoms with van der Waals surface area (Å²) < 4.78 is 35.4. The van der Waals surface area contributed by atoms with E-state index in [0.29, 0.717) is 0 Å². The van der Waals surface area contributed by atoms with Crippen molar-refractivity contribution in [1.29, 1.82) is 0 Å². The lowest BCUT2D eigenvalue weighted by Crippen LogP contribution is -2.21.